The number of nitrogens with one attached hydrogen (secondary N) is 1. The number of carboxylic acids is 1. The summed E-state index contributed by atoms with van der Waals surface area (Å²) in [4.78, 5) is 25.8. The van der Waals surface area contributed by atoms with Crippen LogP contribution in [0.25, 0.3) is 0 Å². The van der Waals surface area contributed by atoms with Crippen molar-refractivity contribution in [2.75, 3.05) is 6.54 Å². The van der Waals surface area contributed by atoms with Crippen molar-refractivity contribution in [1.82, 2.24) is 10.2 Å². The summed E-state index contributed by atoms with van der Waals surface area (Å²) < 4.78 is 0. The van der Waals surface area contributed by atoms with Gasteiger partial charge in [0.15, 0.2) is 0 Å². The molecule has 1 unspecified atom stereocenters. The highest BCUT2D eigenvalue weighted by molar-refractivity contribution is 7.10. The lowest BCUT2D eigenvalue weighted by Gasteiger charge is -2.25. The molecular weight excluding hydrogens is 264 g/mol. The predicted molar refractivity (Wildman–Crippen MR) is 73.2 cm³/mol. The number of nitrogens with zero attached hydrogens (tertiary/aromatic N) is 1. The third-order valence-electron chi connectivity index (χ3n) is 3.39. The molecule has 2 heterocycles. The predicted octanol–water partition coefficient (Wildman–Crippen LogP) is 2.46. The highest BCUT2D eigenvalue weighted by Gasteiger charge is 2.34. The Labute approximate surface area is 116 Å². The fourth-order valence-corrected chi connectivity index (χ4v) is 3.22. The van der Waals surface area contributed by atoms with E-state index in [4.69, 9.17) is 5.11 Å². The van der Waals surface area contributed by atoms with Gasteiger partial charge in [-0.05, 0) is 30.7 Å². The first-order chi connectivity index (χ1) is 9.13. The van der Waals surface area contributed by atoms with E-state index in [1.165, 1.54) is 4.90 Å². The van der Waals surface area contributed by atoms with E-state index >= 15 is 0 Å². The number of hydrogen-bond donors (Lipinski definition) is 2. The summed E-state index contributed by atoms with van der Waals surface area (Å²) in [6.07, 6.45) is 2.08. The van der Waals surface area contributed by atoms with Crippen LogP contribution in [-0.4, -0.2) is 34.6 Å². The van der Waals surface area contributed by atoms with Crippen LogP contribution in [0.5, 0.6) is 0 Å². The average molecular weight is 282 g/mol. The second kappa shape index (κ2) is 6.06. The smallest absolute Gasteiger partial charge is 0.326 e. The maximum absolute atomic E-state index is 12.2. The Morgan fingerprint density at radius 3 is 3.00 bits per heavy atom. The maximum atomic E-state index is 12.2. The molecule has 104 valence electrons. The standard InChI is InChI=1S/C13H18N2O3S/c1-2-9(11-6-4-8-19-11)14-13(18)15-7-3-5-10(15)12(16)17/h4,6,8-10H,2-3,5,7H2,1H3,(H,14,18)(H,16,17)/t9?,10-/m1/s1. The van der Waals surface area contributed by atoms with Crippen LogP contribution in [0, 0.1) is 0 Å². The van der Waals surface area contributed by atoms with E-state index in [1.54, 1.807) is 11.3 Å². The molecule has 1 fully saturated rings. The minimum Gasteiger partial charge on any atom is -0.480 e. The lowest BCUT2D eigenvalue weighted by Crippen LogP contribution is -2.46. The average Bonchev–Trinajstić information content (AvgIpc) is 3.05. The first-order valence-electron chi connectivity index (χ1n) is 6.46. The molecule has 2 rings (SSSR count). The fraction of sp³-hybridized carbons (Fsp3) is 0.538. The van der Waals surface area contributed by atoms with E-state index in [0.717, 1.165) is 17.7 Å². The van der Waals surface area contributed by atoms with Crippen molar-refractivity contribution in [1.29, 1.82) is 0 Å². The van der Waals surface area contributed by atoms with Crippen LogP contribution in [-0.2, 0) is 4.79 Å². The highest BCUT2D eigenvalue weighted by atomic mass is 32.1. The van der Waals surface area contributed by atoms with Crippen LogP contribution in [0.3, 0.4) is 0 Å². The van der Waals surface area contributed by atoms with Gasteiger partial charge in [0.1, 0.15) is 6.04 Å². The van der Waals surface area contributed by atoms with Crippen LogP contribution in [0.1, 0.15) is 37.1 Å². The zero-order valence-corrected chi connectivity index (χ0v) is 11.7. The number of likely N-dealkylation sites (tertiary alicyclic amines) is 1. The van der Waals surface area contributed by atoms with E-state index in [9.17, 15) is 9.59 Å². The summed E-state index contributed by atoms with van der Waals surface area (Å²) >= 11 is 1.60. The van der Waals surface area contributed by atoms with Crippen molar-refractivity contribution in [2.45, 2.75) is 38.3 Å². The highest BCUT2D eigenvalue weighted by Crippen LogP contribution is 2.23. The van der Waals surface area contributed by atoms with Gasteiger partial charge in [0.25, 0.3) is 0 Å². The van der Waals surface area contributed by atoms with Crippen molar-refractivity contribution in [3.63, 3.8) is 0 Å². The number of carboxylic acid groups (broad SMARTS) is 1. The number of urea groups is 1. The summed E-state index contributed by atoms with van der Waals surface area (Å²) in [5.74, 6) is -0.920. The summed E-state index contributed by atoms with van der Waals surface area (Å²) in [6.45, 7) is 2.52. The monoisotopic (exact) mass is 282 g/mol. The first-order valence-corrected chi connectivity index (χ1v) is 7.34. The van der Waals surface area contributed by atoms with E-state index in [0.29, 0.717) is 13.0 Å². The second-order valence-corrected chi connectivity index (χ2v) is 5.59. The van der Waals surface area contributed by atoms with Crippen LogP contribution in [0.15, 0.2) is 17.5 Å². The third-order valence-corrected chi connectivity index (χ3v) is 4.38. The number of hydrogen-bond acceptors (Lipinski definition) is 3. The molecule has 0 spiro atoms. The zero-order valence-electron chi connectivity index (χ0n) is 10.8. The van der Waals surface area contributed by atoms with Gasteiger partial charge in [0, 0.05) is 11.4 Å². The first kappa shape index (κ1) is 13.9. The number of thiophene rings is 1. The van der Waals surface area contributed by atoms with Crippen molar-refractivity contribution in [3.05, 3.63) is 22.4 Å². The van der Waals surface area contributed by atoms with Gasteiger partial charge < -0.3 is 15.3 Å². The minimum absolute atomic E-state index is 0.0393. The Balaban J connectivity index is 2.02. The number of carbonyl (C=O) groups is 2. The molecule has 0 aliphatic carbocycles. The van der Waals surface area contributed by atoms with Gasteiger partial charge in [0.2, 0.25) is 0 Å². The molecular formula is C13H18N2O3S. The molecule has 0 bridgehead atoms. The largest absolute Gasteiger partial charge is 0.480 e. The van der Waals surface area contributed by atoms with Crippen molar-refractivity contribution < 1.29 is 14.7 Å². The van der Waals surface area contributed by atoms with Gasteiger partial charge in [-0.2, -0.15) is 0 Å². The van der Waals surface area contributed by atoms with Crippen molar-refractivity contribution >= 4 is 23.3 Å². The molecule has 2 atom stereocenters. The summed E-state index contributed by atoms with van der Waals surface area (Å²) in [5.41, 5.74) is 0. The van der Waals surface area contributed by atoms with Crippen LogP contribution >= 0.6 is 11.3 Å². The molecule has 1 aliphatic heterocycles. The molecule has 1 aliphatic rings. The van der Waals surface area contributed by atoms with Crippen molar-refractivity contribution in [2.24, 2.45) is 0 Å². The number of carbonyl (C=O) groups excluding carboxylic acids is 1. The van der Waals surface area contributed by atoms with E-state index in [-0.39, 0.29) is 12.1 Å². The lowest BCUT2D eigenvalue weighted by molar-refractivity contribution is -0.141. The number of aliphatic carboxylic acids is 1. The molecule has 0 radical (unpaired) electrons. The van der Waals surface area contributed by atoms with E-state index < -0.39 is 12.0 Å². The summed E-state index contributed by atoms with van der Waals surface area (Å²) in [5, 5.41) is 14.0. The van der Waals surface area contributed by atoms with Crippen LogP contribution in [0.4, 0.5) is 4.79 Å². The molecule has 1 aromatic heterocycles. The van der Waals surface area contributed by atoms with Gasteiger partial charge >= 0.3 is 12.0 Å². The summed E-state index contributed by atoms with van der Waals surface area (Å²) in [7, 11) is 0. The Bertz CT molecular complexity index is 447. The molecule has 2 amide bonds. The molecule has 2 N–H and O–H groups in total. The fourth-order valence-electron chi connectivity index (χ4n) is 2.36. The molecule has 19 heavy (non-hydrogen) atoms. The molecule has 0 aromatic carbocycles. The summed E-state index contributed by atoms with van der Waals surface area (Å²) in [6, 6.07) is 2.94. The van der Waals surface area contributed by atoms with Gasteiger partial charge in [-0.25, -0.2) is 9.59 Å². The normalized spacial score (nSPS) is 20.3. The van der Waals surface area contributed by atoms with Gasteiger partial charge in [0.05, 0.1) is 6.04 Å². The van der Waals surface area contributed by atoms with Gasteiger partial charge in [-0.3, -0.25) is 0 Å². The Morgan fingerprint density at radius 2 is 2.42 bits per heavy atom. The number of amides is 2. The molecule has 0 saturated carbocycles. The minimum atomic E-state index is -0.920. The molecule has 1 saturated heterocycles. The second-order valence-electron chi connectivity index (χ2n) is 4.62. The van der Waals surface area contributed by atoms with Crippen LogP contribution < -0.4 is 5.32 Å². The number of rotatable bonds is 4. The van der Waals surface area contributed by atoms with Gasteiger partial charge in [-0.15, -0.1) is 11.3 Å². The van der Waals surface area contributed by atoms with Crippen LogP contribution in [0.2, 0.25) is 0 Å². The molecule has 1 aromatic rings. The Hall–Kier alpha value is -1.56. The SMILES string of the molecule is CCC(NC(=O)N1CCC[C@@H]1C(=O)O)c1cccs1. The Kier molecular flexibility index (Phi) is 4.42. The van der Waals surface area contributed by atoms with Crippen molar-refractivity contribution in [3.8, 4) is 0 Å². The quantitative estimate of drug-likeness (QED) is 0.891. The Morgan fingerprint density at radius 1 is 1.63 bits per heavy atom. The maximum Gasteiger partial charge on any atom is 0.326 e. The topological polar surface area (TPSA) is 69.6 Å². The van der Waals surface area contributed by atoms with Gasteiger partial charge in [-0.1, -0.05) is 13.0 Å². The zero-order chi connectivity index (χ0) is 13.8. The lowest BCUT2D eigenvalue weighted by atomic mass is 10.2. The molecule has 5 nitrogen and oxygen atoms in total. The van der Waals surface area contributed by atoms with E-state index in [2.05, 4.69) is 5.32 Å². The molecule has 6 heteroatoms. The third kappa shape index (κ3) is 3.07. The van der Waals surface area contributed by atoms with E-state index in [1.807, 2.05) is 24.4 Å².